The molecule has 0 aliphatic heterocycles. The second-order valence-corrected chi connectivity index (χ2v) is 3.12. The van der Waals surface area contributed by atoms with Gasteiger partial charge in [0.1, 0.15) is 6.73 Å². The summed E-state index contributed by atoms with van der Waals surface area (Å²) in [6.07, 6.45) is 1.80. The van der Waals surface area contributed by atoms with Gasteiger partial charge in [-0.1, -0.05) is 6.07 Å². The van der Waals surface area contributed by atoms with Crippen LogP contribution >= 0.6 is 0 Å². The maximum absolute atomic E-state index is 5.06. The number of fused-ring (bicyclic) bond motifs is 1. The van der Waals surface area contributed by atoms with Crippen molar-refractivity contribution in [2.45, 2.75) is 13.7 Å². The zero-order valence-corrected chi connectivity index (χ0v) is 7.82. The lowest BCUT2D eigenvalue weighted by Gasteiger charge is -2.01. The van der Waals surface area contributed by atoms with Gasteiger partial charge >= 0.3 is 0 Å². The van der Waals surface area contributed by atoms with Gasteiger partial charge in [0.05, 0.1) is 17.4 Å². The van der Waals surface area contributed by atoms with Gasteiger partial charge in [0.2, 0.25) is 0 Å². The van der Waals surface area contributed by atoms with Crippen molar-refractivity contribution in [3.63, 3.8) is 0 Å². The number of methoxy groups -OCH3 is 1. The monoisotopic (exact) mass is 176 g/mol. The van der Waals surface area contributed by atoms with Gasteiger partial charge in [0.25, 0.3) is 0 Å². The van der Waals surface area contributed by atoms with Crippen LogP contribution in [-0.2, 0) is 11.5 Å². The fourth-order valence-corrected chi connectivity index (χ4v) is 1.41. The van der Waals surface area contributed by atoms with Gasteiger partial charge in [-0.15, -0.1) is 0 Å². The van der Waals surface area contributed by atoms with E-state index in [0.29, 0.717) is 6.73 Å². The van der Waals surface area contributed by atoms with Gasteiger partial charge in [0, 0.05) is 7.11 Å². The first kappa shape index (κ1) is 8.26. The van der Waals surface area contributed by atoms with Gasteiger partial charge in [-0.3, -0.25) is 0 Å². The van der Waals surface area contributed by atoms with Gasteiger partial charge < -0.3 is 9.30 Å². The van der Waals surface area contributed by atoms with Gasteiger partial charge in [0.15, 0.2) is 0 Å². The minimum absolute atomic E-state index is 0.556. The molecule has 0 N–H and O–H groups in total. The molecule has 3 heteroatoms. The van der Waals surface area contributed by atoms with E-state index in [0.717, 1.165) is 11.0 Å². The molecule has 0 radical (unpaired) electrons. The molecule has 3 nitrogen and oxygen atoms in total. The van der Waals surface area contributed by atoms with Crippen LogP contribution in [0.3, 0.4) is 0 Å². The molecule has 1 heterocycles. The summed E-state index contributed by atoms with van der Waals surface area (Å²) in [6.45, 7) is 2.63. The van der Waals surface area contributed by atoms with Gasteiger partial charge in [-0.05, 0) is 24.6 Å². The van der Waals surface area contributed by atoms with E-state index < -0.39 is 0 Å². The first-order chi connectivity index (χ1) is 6.31. The average Bonchev–Trinajstić information content (AvgIpc) is 2.49. The van der Waals surface area contributed by atoms with E-state index in [9.17, 15) is 0 Å². The predicted molar refractivity (Wildman–Crippen MR) is 51.5 cm³/mol. The largest absolute Gasteiger partial charge is 0.364 e. The number of imidazole rings is 1. The summed E-state index contributed by atoms with van der Waals surface area (Å²) in [4.78, 5) is 4.26. The second-order valence-electron chi connectivity index (χ2n) is 3.12. The van der Waals surface area contributed by atoms with E-state index in [-0.39, 0.29) is 0 Å². The molecule has 1 aromatic carbocycles. The van der Waals surface area contributed by atoms with Crippen molar-refractivity contribution in [2.24, 2.45) is 0 Å². The first-order valence-electron chi connectivity index (χ1n) is 4.21. The van der Waals surface area contributed by atoms with E-state index in [1.54, 1.807) is 13.4 Å². The van der Waals surface area contributed by atoms with Crippen LogP contribution in [0.1, 0.15) is 5.56 Å². The van der Waals surface area contributed by atoms with Crippen LogP contribution in [0, 0.1) is 6.92 Å². The highest BCUT2D eigenvalue weighted by atomic mass is 16.5. The highest BCUT2D eigenvalue weighted by molar-refractivity contribution is 5.75. The fraction of sp³-hybridized carbons (Fsp3) is 0.300. The Morgan fingerprint density at radius 1 is 1.46 bits per heavy atom. The van der Waals surface area contributed by atoms with Gasteiger partial charge in [-0.2, -0.15) is 0 Å². The summed E-state index contributed by atoms with van der Waals surface area (Å²) in [7, 11) is 1.68. The van der Waals surface area contributed by atoms with Crippen LogP contribution in [0.15, 0.2) is 24.5 Å². The third kappa shape index (κ3) is 1.42. The average molecular weight is 176 g/mol. The fourth-order valence-electron chi connectivity index (χ4n) is 1.41. The Morgan fingerprint density at radius 3 is 3.08 bits per heavy atom. The van der Waals surface area contributed by atoms with Crippen molar-refractivity contribution in [3.8, 4) is 0 Å². The molecule has 0 aliphatic rings. The minimum Gasteiger partial charge on any atom is -0.364 e. The number of ether oxygens (including phenoxy) is 1. The summed E-state index contributed by atoms with van der Waals surface area (Å²) < 4.78 is 7.05. The molecule has 2 rings (SSSR count). The smallest absolute Gasteiger partial charge is 0.123 e. The lowest BCUT2D eigenvalue weighted by molar-refractivity contribution is 0.134. The van der Waals surface area contributed by atoms with Crippen LogP contribution in [-0.4, -0.2) is 16.7 Å². The van der Waals surface area contributed by atoms with Crippen molar-refractivity contribution < 1.29 is 4.74 Å². The van der Waals surface area contributed by atoms with Gasteiger partial charge in [-0.25, -0.2) is 4.98 Å². The Kier molecular flexibility index (Phi) is 2.02. The SMILES string of the molecule is COCn1cnc2ccc(C)cc21. The molecule has 68 valence electrons. The van der Waals surface area contributed by atoms with Crippen LogP contribution < -0.4 is 0 Å². The summed E-state index contributed by atoms with van der Waals surface area (Å²) in [5, 5.41) is 0. The van der Waals surface area contributed by atoms with Crippen molar-refractivity contribution in [1.82, 2.24) is 9.55 Å². The number of rotatable bonds is 2. The van der Waals surface area contributed by atoms with Crippen LogP contribution in [0.5, 0.6) is 0 Å². The van der Waals surface area contributed by atoms with Crippen molar-refractivity contribution >= 4 is 11.0 Å². The maximum Gasteiger partial charge on any atom is 0.123 e. The van der Waals surface area contributed by atoms with Crippen LogP contribution in [0.4, 0.5) is 0 Å². The molecule has 0 spiro atoms. The Hall–Kier alpha value is -1.35. The van der Waals surface area contributed by atoms with E-state index in [4.69, 9.17) is 4.74 Å². The van der Waals surface area contributed by atoms with Crippen molar-refractivity contribution in [3.05, 3.63) is 30.1 Å². The summed E-state index contributed by atoms with van der Waals surface area (Å²) in [5.74, 6) is 0. The quantitative estimate of drug-likeness (QED) is 0.699. The Labute approximate surface area is 77.0 Å². The third-order valence-electron chi connectivity index (χ3n) is 2.04. The molecular formula is C10H12N2O. The number of nitrogens with zero attached hydrogens (tertiary/aromatic N) is 2. The van der Waals surface area contributed by atoms with E-state index in [2.05, 4.69) is 24.0 Å². The zero-order valence-electron chi connectivity index (χ0n) is 7.82. The number of benzene rings is 1. The normalized spacial score (nSPS) is 10.9. The molecule has 0 bridgehead atoms. The van der Waals surface area contributed by atoms with Crippen LogP contribution in [0.25, 0.3) is 11.0 Å². The zero-order chi connectivity index (χ0) is 9.26. The Morgan fingerprint density at radius 2 is 2.31 bits per heavy atom. The van der Waals surface area contributed by atoms with E-state index >= 15 is 0 Å². The lowest BCUT2D eigenvalue weighted by atomic mass is 10.2. The Bertz CT molecular complexity index is 420. The summed E-state index contributed by atoms with van der Waals surface area (Å²) in [6, 6.07) is 6.20. The molecule has 1 aromatic heterocycles. The van der Waals surface area contributed by atoms with E-state index in [1.165, 1.54) is 5.56 Å². The second kappa shape index (κ2) is 3.18. The molecule has 0 atom stereocenters. The van der Waals surface area contributed by atoms with Crippen LogP contribution in [0.2, 0.25) is 0 Å². The number of hydrogen-bond acceptors (Lipinski definition) is 2. The molecule has 0 aliphatic carbocycles. The molecular weight excluding hydrogens is 164 g/mol. The van der Waals surface area contributed by atoms with E-state index in [1.807, 2.05) is 10.6 Å². The summed E-state index contributed by atoms with van der Waals surface area (Å²) >= 11 is 0. The summed E-state index contributed by atoms with van der Waals surface area (Å²) in [5.41, 5.74) is 3.38. The third-order valence-corrected chi connectivity index (χ3v) is 2.04. The highest BCUT2D eigenvalue weighted by Gasteiger charge is 2.00. The Balaban J connectivity index is 2.58. The van der Waals surface area contributed by atoms with Crippen molar-refractivity contribution in [2.75, 3.05) is 7.11 Å². The predicted octanol–water partition coefficient (Wildman–Crippen LogP) is 1.95. The number of hydrogen-bond donors (Lipinski definition) is 0. The number of aryl methyl sites for hydroxylation is 1. The molecule has 13 heavy (non-hydrogen) atoms. The first-order valence-corrected chi connectivity index (χ1v) is 4.21. The minimum atomic E-state index is 0.556. The molecule has 0 saturated carbocycles. The molecule has 0 amide bonds. The lowest BCUT2D eigenvalue weighted by Crippen LogP contribution is -1.97. The van der Waals surface area contributed by atoms with Crippen molar-refractivity contribution in [1.29, 1.82) is 0 Å². The molecule has 2 aromatic rings. The molecule has 0 unspecified atom stereocenters. The standard InChI is InChI=1S/C10H12N2O/c1-8-3-4-9-10(5-8)12(6-11-9)7-13-2/h3-6H,7H2,1-2H3. The number of aromatic nitrogens is 2. The topological polar surface area (TPSA) is 27.1 Å². The molecule has 0 saturated heterocycles. The highest BCUT2D eigenvalue weighted by Crippen LogP contribution is 2.14. The maximum atomic E-state index is 5.06. The molecule has 0 fully saturated rings.